The average molecular weight is 1920 g/mol. The molecule has 0 fully saturated rings. The Morgan fingerprint density at radius 2 is 0.262 bits per heavy atom. The van der Waals surface area contributed by atoms with Crippen LogP contribution in [0, 0.1) is 29.1 Å². The van der Waals surface area contributed by atoms with E-state index in [2.05, 4.69) is 402 Å². The highest BCUT2D eigenvalue weighted by molar-refractivity contribution is 6.36. The van der Waals surface area contributed by atoms with Gasteiger partial charge in [0.25, 0.3) is 0 Å². The number of rotatable bonds is 12. The van der Waals surface area contributed by atoms with Crippen LogP contribution in [0.4, 0.5) is 90.2 Å². The predicted octanol–water partition coefficient (Wildman–Crippen LogP) is 41.0. The van der Waals surface area contributed by atoms with Gasteiger partial charge in [-0.15, -0.1) is 0 Å². The zero-order valence-electron chi connectivity index (χ0n) is 80.1. The third kappa shape index (κ3) is 14.5. The van der Waals surface area contributed by atoms with E-state index in [1.807, 2.05) is 60.7 Å². The van der Waals surface area contributed by atoms with Gasteiger partial charge in [-0.2, -0.15) is 0 Å². The first kappa shape index (κ1) is 86.3. The Morgan fingerprint density at radius 3 is 0.517 bits per heavy atom. The summed E-state index contributed by atoms with van der Waals surface area (Å²) < 4.78 is 77.1. The second-order valence-corrected chi connectivity index (χ2v) is 39.2. The number of anilines is 12. The first-order chi connectivity index (χ1) is 73.3. The lowest BCUT2D eigenvalue weighted by molar-refractivity contribution is 0.629. The summed E-state index contributed by atoms with van der Waals surface area (Å²) in [4.78, 5) is 9.13. The van der Waals surface area contributed by atoms with E-state index in [1.54, 1.807) is 42.5 Å². The van der Waals surface area contributed by atoms with Crippen molar-refractivity contribution in [1.29, 1.82) is 0 Å². The summed E-state index contributed by atoms with van der Waals surface area (Å²) in [6.07, 6.45) is 0. The van der Waals surface area contributed by atoms with Crippen molar-refractivity contribution in [3.05, 3.63) is 533 Å². The Morgan fingerprint density at radius 1 is 0.101 bits per heavy atom. The maximum absolute atomic E-state index is 16.9. The fourth-order valence-corrected chi connectivity index (χ4v) is 23.8. The van der Waals surface area contributed by atoms with Gasteiger partial charge in [-0.25, -0.2) is 22.0 Å². The summed E-state index contributed by atoms with van der Waals surface area (Å²) in [5.41, 5.74) is 11.7. The molecule has 0 radical (unpaired) electrons. The third-order valence-corrected chi connectivity index (χ3v) is 30.8. The van der Waals surface area contributed by atoms with Crippen molar-refractivity contribution in [2.45, 2.75) is 0 Å². The Kier molecular flexibility index (Phi) is 20.0. The van der Waals surface area contributed by atoms with Crippen LogP contribution in [0.5, 0.6) is 0 Å². The van der Waals surface area contributed by atoms with Gasteiger partial charge in [-0.05, 0) is 423 Å². The number of hydrogen-bond acceptors (Lipinski definition) is 4. The second kappa shape index (κ2) is 34.5. The lowest BCUT2D eigenvalue weighted by atomic mass is 9.88. The number of benzene rings is 30. The molecule has 4 nitrogen and oxygen atoms in total. The Hall–Kier alpha value is -19.4. The summed E-state index contributed by atoms with van der Waals surface area (Å²) in [5.74, 6) is -1.41. The molecule has 0 aliphatic heterocycles. The summed E-state index contributed by atoms with van der Waals surface area (Å²) >= 11 is 0. The SMILES string of the molecule is Fc1ccc2cc(N(c3ccc4ccccc4c3)c3ccc4c(c3)c3ccccc3c3cc5c6ccc(N(c7ccc8cc(F)ccc8c7)c7ccc8cc(F)ccc8c7)cc6c6ccccc6c5cc43)ccc2c1.Fc1cccc2c3cc(N(c4ccc5ccccc5c4)c4ccc5ccccc5c4)ccc3c3cc4c(cc3c12)c1ccc(N(c2ccc3ccccc3c2)c2ccc3ccccc3c2)cc1c1cccc(F)c14. The van der Waals surface area contributed by atoms with E-state index in [1.165, 1.54) is 45.1 Å². The molecule has 0 saturated heterocycles. The van der Waals surface area contributed by atoms with Crippen molar-refractivity contribution in [2.75, 3.05) is 19.6 Å². The van der Waals surface area contributed by atoms with Gasteiger partial charge in [0.15, 0.2) is 0 Å². The zero-order chi connectivity index (χ0) is 98.9. The normalized spacial score (nSPS) is 11.9. The topological polar surface area (TPSA) is 13.0 Å². The van der Waals surface area contributed by atoms with E-state index in [0.717, 1.165) is 246 Å². The number of halogens is 5. The Balaban J connectivity index is 0.000000140. The fraction of sp³-hybridized carbons (Fsp3) is 0. The van der Waals surface area contributed by atoms with Crippen LogP contribution >= 0.6 is 0 Å². The van der Waals surface area contributed by atoms with Crippen LogP contribution in [0.3, 0.4) is 0 Å². The second-order valence-electron chi connectivity index (χ2n) is 39.2. The summed E-state index contributed by atoms with van der Waals surface area (Å²) in [5, 5.41) is 40.4. The monoisotopic (exact) mass is 1910 g/mol. The molecule has 0 heterocycles. The molecular formula is C140H83F5N4. The van der Waals surface area contributed by atoms with Crippen LogP contribution in [-0.2, 0) is 0 Å². The van der Waals surface area contributed by atoms with Crippen LogP contribution in [-0.4, -0.2) is 0 Å². The molecule has 0 spiro atoms. The van der Waals surface area contributed by atoms with Gasteiger partial charge in [-0.1, -0.05) is 285 Å². The molecule has 30 rings (SSSR count). The van der Waals surface area contributed by atoms with Gasteiger partial charge in [0.1, 0.15) is 29.1 Å². The van der Waals surface area contributed by atoms with Crippen LogP contribution in [0.25, 0.3) is 215 Å². The Labute approximate surface area is 851 Å². The zero-order valence-corrected chi connectivity index (χ0v) is 80.1. The third-order valence-electron chi connectivity index (χ3n) is 30.8. The molecular weight excluding hydrogens is 1830 g/mol. The minimum atomic E-state index is -0.306. The predicted molar refractivity (Wildman–Crippen MR) is 622 cm³/mol. The molecule has 698 valence electrons. The lowest BCUT2D eigenvalue weighted by Gasteiger charge is -2.27. The average Bonchev–Trinajstić information content (AvgIpc) is 0.704. The maximum atomic E-state index is 16.9. The molecule has 0 aliphatic carbocycles. The van der Waals surface area contributed by atoms with Gasteiger partial charge in [0.2, 0.25) is 0 Å². The highest BCUT2D eigenvalue weighted by Crippen LogP contribution is 2.53. The largest absolute Gasteiger partial charge is 0.310 e. The number of fused-ring (bicyclic) bond motifs is 32. The molecule has 0 saturated carbocycles. The van der Waals surface area contributed by atoms with Crippen molar-refractivity contribution < 1.29 is 22.0 Å². The first-order valence-corrected chi connectivity index (χ1v) is 50.3. The van der Waals surface area contributed by atoms with Gasteiger partial charge in [0, 0.05) is 79.0 Å². The van der Waals surface area contributed by atoms with E-state index in [4.69, 9.17) is 0 Å². The van der Waals surface area contributed by atoms with Crippen molar-refractivity contribution >= 4 is 284 Å². The lowest BCUT2D eigenvalue weighted by Crippen LogP contribution is -2.10. The fourth-order valence-electron chi connectivity index (χ4n) is 23.8. The molecule has 0 bridgehead atoms. The van der Waals surface area contributed by atoms with Gasteiger partial charge >= 0.3 is 0 Å². The maximum Gasteiger partial charge on any atom is 0.131 e. The van der Waals surface area contributed by atoms with Crippen LogP contribution in [0.2, 0.25) is 0 Å². The van der Waals surface area contributed by atoms with E-state index in [9.17, 15) is 13.2 Å². The van der Waals surface area contributed by atoms with Gasteiger partial charge in [0.05, 0.1) is 0 Å². The highest BCUT2D eigenvalue weighted by Gasteiger charge is 2.27. The summed E-state index contributed by atoms with van der Waals surface area (Å²) in [7, 11) is 0. The molecule has 30 aromatic carbocycles. The minimum Gasteiger partial charge on any atom is -0.310 e. The number of nitrogens with zero attached hydrogens (tertiary/aromatic N) is 4. The molecule has 149 heavy (non-hydrogen) atoms. The molecule has 0 amide bonds. The molecule has 9 heteroatoms. The molecule has 0 atom stereocenters. The van der Waals surface area contributed by atoms with E-state index < -0.39 is 0 Å². The summed E-state index contributed by atoms with van der Waals surface area (Å²) in [6.45, 7) is 0. The molecule has 0 unspecified atom stereocenters. The van der Waals surface area contributed by atoms with Gasteiger partial charge in [-0.3, -0.25) is 0 Å². The highest BCUT2D eigenvalue weighted by atomic mass is 19.1. The van der Waals surface area contributed by atoms with Crippen molar-refractivity contribution in [3.63, 3.8) is 0 Å². The molecule has 0 aliphatic rings. The molecule has 0 N–H and O–H groups in total. The van der Waals surface area contributed by atoms with E-state index >= 15 is 8.78 Å². The molecule has 0 aromatic heterocycles. The van der Waals surface area contributed by atoms with Crippen molar-refractivity contribution in [3.8, 4) is 0 Å². The van der Waals surface area contributed by atoms with E-state index in [-0.39, 0.29) is 29.1 Å². The van der Waals surface area contributed by atoms with E-state index in [0.29, 0.717) is 10.8 Å². The van der Waals surface area contributed by atoms with Crippen LogP contribution in [0.1, 0.15) is 0 Å². The summed E-state index contributed by atoms with van der Waals surface area (Å²) in [6, 6.07) is 172. The van der Waals surface area contributed by atoms with Crippen LogP contribution in [0.15, 0.2) is 504 Å². The Bertz CT molecular complexity index is 10400. The molecule has 30 aromatic rings. The minimum absolute atomic E-state index is 0.252. The number of hydrogen-bond donors (Lipinski definition) is 0. The van der Waals surface area contributed by atoms with Crippen LogP contribution < -0.4 is 19.6 Å². The quantitative estimate of drug-likeness (QED) is 0.0687. The first-order valence-electron chi connectivity index (χ1n) is 50.3. The smallest absolute Gasteiger partial charge is 0.131 e. The van der Waals surface area contributed by atoms with Gasteiger partial charge < -0.3 is 19.6 Å². The standard InChI is InChI=1S/C70H41F3N2.C70H42F2N2/c71-50-20-13-47-35-54(24-17-44(47)31-50)74(53-23-16-42-7-1-2-8-43(42)34-53)57-27-29-63-65(38-57)59-9-3-5-11-61(59)67-41-70-64-30-28-58(39-66(64)60-10-4-6-12-62(60)68(70)40-69(63)67)75(55-25-18-45-32-51(72)21-14-48(45)36-55)56-26-19-46-33-52(73)22-15-49(46)37-56;71-67-21-9-19-59-61-39-55(73(51-27-23-43-11-1-5-15-47(43)35-51)52-28-24-44-12-2-6-16-48(44)36-52)31-33-57(61)63-41-66-64(42-65(63)69(59)67)58-34-32-56(40-62(58)60-20-10-22-68(72)70(60)66)74(53-29-25-45-13-3-7-17-49(45)37-53)54-30-26-46-14-4-8-18-50(46)38-54/h1-41H;1-42H. The van der Waals surface area contributed by atoms with Crippen molar-refractivity contribution in [2.24, 2.45) is 0 Å². The van der Waals surface area contributed by atoms with Crippen molar-refractivity contribution in [1.82, 2.24) is 0 Å².